The summed E-state index contributed by atoms with van der Waals surface area (Å²) in [5, 5.41) is 11.0. The molecule has 0 spiro atoms. The standard InChI is InChI=1S/C22H25N5O3/c1-16(20(28)26(22(2,3)4)14-17-8-6-5-7-9-17)30-21(29)18-10-12-19(13-11-18)27-15-23-24-25-27/h5-13,15-16H,14H2,1-4H3/t16-/m1/s1. The number of ether oxygens (including phenoxy) is 1. The Morgan fingerprint density at radius 2 is 1.73 bits per heavy atom. The first kappa shape index (κ1) is 21.2. The van der Waals surface area contributed by atoms with Gasteiger partial charge in [0.1, 0.15) is 6.33 Å². The highest BCUT2D eigenvalue weighted by molar-refractivity contribution is 5.92. The Bertz CT molecular complexity index is 980. The third kappa shape index (κ3) is 5.08. The van der Waals surface area contributed by atoms with Gasteiger partial charge in [0.25, 0.3) is 5.91 Å². The van der Waals surface area contributed by atoms with Gasteiger partial charge in [0.2, 0.25) is 0 Å². The lowest BCUT2D eigenvalue weighted by Crippen LogP contribution is -2.49. The molecule has 0 aliphatic rings. The van der Waals surface area contributed by atoms with E-state index in [1.165, 1.54) is 11.0 Å². The van der Waals surface area contributed by atoms with Crippen LogP contribution in [0.4, 0.5) is 0 Å². The van der Waals surface area contributed by atoms with E-state index in [9.17, 15) is 9.59 Å². The highest BCUT2D eigenvalue weighted by Crippen LogP contribution is 2.20. The summed E-state index contributed by atoms with van der Waals surface area (Å²) in [6, 6.07) is 16.4. The molecule has 1 amide bonds. The van der Waals surface area contributed by atoms with E-state index in [0.717, 1.165) is 5.56 Å². The molecule has 0 unspecified atom stereocenters. The molecule has 8 nitrogen and oxygen atoms in total. The summed E-state index contributed by atoms with van der Waals surface area (Å²) in [4.78, 5) is 27.4. The van der Waals surface area contributed by atoms with Gasteiger partial charge in [0, 0.05) is 12.1 Å². The maximum absolute atomic E-state index is 13.1. The number of hydrogen-bond acceptors (Lipinski definition) is 6. The average Bonchev–Trinajstić information content (AvgIpc) is 3.26. The SMILES string of the molecule is C[C@@H](OC(=O)c1ccc(-n2cnnn2)cc1)C(=O)N(Cc1ccccc1)C(C)(C)C. The van der Waals surface area contributed by atoms with Crippen LogP contribution in [-0.2, 0) is 16.1 Å². The Labute approximate surface area is 175 Å². The summed E-state index contributed by atoms with van der Waals surface area (Å²) in [5.41, 5.74) is 1.64. The van der Waals surface area contributed by atoms with Crippen LogP contribution in [-0.4, -0.2) is 48.6 Å². The molecule has 2 aromatic carbocycles. The van der Waals surface area contributed by atoms with Crippen molar-refractivity contribution in [2.24, 2.45) is 0 Å². The zero-order chi connectivity index (χ0) is 21.7. The van der Waals surface area contributed by atoms with E-state index in [1.807, 2.05) is 51.1 Å². The van der Waals surface area contributed by atoms with Crippen molar-refractivity contribution in [3.8, 4) is 5.69 Å². The van der Waals surface area contributed by atoms with Gasteiger partial charge in [0.15, 0.2) is 6.10 Å². The van der Waals surface area contributed by atoms with Gasteiger partial charge < -0.3 is 9.64 Å². The van der Waals surface area contributed by atoms with E-state index in [4.69, 9.17) is 4.74 Å². The molecule has 1 atom stereocenters. The molecule has 8 heteroatoms. The minimum Gasteiger partial charge on any atom is -0.449 e. The molecule has 0 saturated carbocycles. The van der Waals surface area contributed by atoms with Gasteiger partial charge in [-0.2, -0.15) is 0 Å². The normalized spacial score (nSPS) is 12.3. The molecule has 3 rings (SSSR count). The van der Waals surface area contributed by atoms with Crippen molar-refractivity contribution in [2.75, 3.05) is 0 Å². The average molecular weight is 407 g/mol. The van der Waals surface area contributed by atoms with E-state index < -0.39 is 17.6 Å². The van der Waals surface area contributed by atoms with Gasteiger partial charge in [-0.15, -0.1) is 5.10 Å². The minimum absolute atomic E-state index is 0.245. The first-order valence-corrected chi connectivity index (χ1v) is 9.65. The molecule has 0 radical (unpaired) electrons. The summed E-state index contributed by atoms with van der Waals surface area (Å²) < 4.78 is 6.94. The second-order valence-electron chi connectivity index (χ2n) is 7.93. The third-order valence-corrected chi connectivity index (χ3v) is 4.61. The fourth-order valence-corrected chi connectivity index (χ4v) is 2.94. The van der Waals surface area contributed by atoms with Gasteiger partial charge in [0.05, 0.1) is 11.3 Å². The number of aromatic nitrogens is 4. The lowest BCUT2D eigenvalue weighted by Gasteiger charge is -2.37. The largest absolute Gasteiger partial charge is 0.449 e. The fraction of sp³-hybridized carbons (Fsp3) is 0.318. The second-order valence-corrected chi connectivity index (χ2v) is 7.93. The molecule has 0 aliphatic carbocycles. The summed E-state index contributed by atoms with van der Waals surface area (Å²) in [6.07, 6.45) is 0.543. The Morgan fingerprint density at radius 3 is 2.30 bits per heavy atom. The van der Waals surface area contributed by atoms with Crippen LogP contribution >= 0.6 is 0 Å². The Balaban J connectivity index is 1.68. The zero-order valence-electron chi connectivity index (χ0n) is 17.5. The van der Waals surface area contributed by atoms with E-state index >= 15 is 0 Å². The van der Waals surface area contributed by atoms with Crippen LogP contribution < -0.4 is 0 Å². The molecule has 0 N–H and O–H groups in total. The zero-order valence-corrected chi connectivity index (χ0v) is 17.5. The van der Waals surface area contributed by atoms with Crippen LogP contribution in [0.5, 0.6) is 0 Å². The number of carbonyl (C=O) groups is 2. The molecule has 0 fully saturated rings. The second kappa shape index (κ2) is 8.86. The van der Waals surface area contributed by atoms with Crippen molar-refractivity contribution in [2.45, 2.75) is 45.9 Å². The fourth-order valence-electron chi connectivity index (χ4n) is 2.94. The van der Waals surface area contributed by atoms with Gasteiger partial charge >= 0.3 is 5.97 Å². The topological polar surface area (TPSA) is 90.2 Å². The Kier molecular flexibility index (Phi) is 6.25. The monoisotopic (exact) mass is 407 g/mol. The van der Waals surface area contributed by atoms with Crippen molar-refractivity contribution in [1.82, 2.24) is 25.1 Å². The van der Waals surface area contributed by atoms with Crippen LogP contribution in [0.25, 0.3) is 5.69 Å². The number of nitrogens with zero attached hydrogens (tertiary/aromatic N) is 5. The molecule has 156 valence electrons. The first-order chi connectivity index (χ1) is 14.3. The molecular weight excluding hydrogens is 382 g/mol. The quantitative estimate of drug-likeness (QED) is 0.584. The molecule has 30 heavy (non-hydrogen) atoms. The summed E-state index contributed by atoms with van der Waals surface area (Å²) in [6.45, 7) is 7.91. The van der Waals surface area contributed by atoms with Crippen molar-refractivity contribution in [3.05, 3.63) is 72.1 Å². The van der Waals surface area contributed by atoms with Crippen LogP contribution in [0.2, 0.25) is 0 Å². The van der Waals surface area contributed by atoms with E-state index in [1.54, 1.807) is 36.1 Å². The molecule has 3 aromatic rings. The van der Waals surface area contributed by atoms with Gasteiger partial charge in [-0.3, -0.25) is 4.79 Å². The molecule has 0 aliphatic heterocycles. The molecule has 1 aromatic heterocycles. The molecule has 1 heterocycles. The maximum Gasteiger partial charge on any atom is 0.338 e. The molecular formula is C22H25N5O3. The molecule has 0 saturated heterocycles. The Hall–Kier alpha value is -3.55. The summed E-state index contributed by atoms with van der Waals surface area (Å²) >= 11 is 0. The maximum atomic E-state index is 13.1. The van der Waals surface area contributed by atoms with Crippen molar-refractivity contribution in [3.63, 3.8) is 0 Å². The summed E-state index contributed by atoms with van der Waals surface area (Å²) in [7, 11) is 0. The van der Waals surface area contributed by atoms with E-state index in [2.05, 4.69) is 15.5 Å². The smallest absolute Gasteiger partial charge is 0.338 e. The van der Waals surface area contributed by atoms with Crippen LogP contribution in [0.15, 0.2) is 60.9 Å². The lowest BCUT2D eigenvalue weighted by molar-refractivity contribution is -0.145. The number of amides is 1. The van der Waals surface area contributed by atoms with Gasteiger partial charge in [-0.25, -0.2) is 9.48 Å². The van der Waals surface area contributed by atoms with Crippen LogP contribution in [0.3, 0.4) is 0 Å². The van der Waals surface area contributed by atoms with E-state index in [0.29, 0.717) is 17.8 Å². The van der Waals surface area contributed by atoms with E-state index in [-0.39, 0.29) is 5.91 Å². The van der Waals surface area contributed by atoms with Crippen molar-refractivity contribution in [1.29, 1.82) is 0 Å². The first-order valence-electron chi connectivity index (χ1n) is 9.65. The lowest BCUT2D eigenvalue weighted by atomic mass is 10.0. The van der Waals surface area contributed by atoms with Gasteiger partial charge in [-0.1, -0.05) is 30.3 Å². The number of rotatable bonds is 6. The highest BCUT2D eigenvalue weighted by Gasteiger charge is 2.31. The predicted octanol–water partition coefficient (Wildman–Crippen LogP) is 3.03. The minimum atomic E-state index is -0.917. The van der Waals surface area contributed by atoms with Crippen LogP contribution in [0.1, 0.15) is 43.6 Å². The summed E-state index contributed by atoms with van der Waals surface area (Å²) in [5.74, 6) is -0.808. The number of tetrazole rings is 1. The van der Waals surface area contributed by atoms with Gasteiger partial charge in [-0.05, 0) is 68.0 Å². The third-order valence-electron chi connectivity index (χ3n) is 4.61. The van der Waals surface area contributed by atoms with Crippen LogP contribution in [0, 0.1) is 0 Å². The highest BCUT2D eigenvalue weighted by atomic mass is 16.5. The number of benzene rings is 2. The number of carbonyl (C=O) groups excluding carboxylic acids is 2. The van der Waals surface area contributed by atoms with Crippen molar-refractivity contribution < 1.29 is 14.3 Å². The Morgan fingerprint density at radius 1 is 1.07 bits per heavy atom. The number of hydrogen-bond donors (Lipinski definition) is 0. The van der Waals surface area contributed by atoms with Crippen molar-refractivity contribution >= 4 is 11.9 Å². The predicted molar refractivity (Wildman–Crippen MR) is 111 cm³/mol. The number of esters is 1. The molecule has 0 bridgehead atoms.